The van der Waals surface area contributed by atoms with Gasteiger partial charge in [-0.05, 0) is 25.2 Å². The van der Waals surface area contributed by atoms with Crippen LogP contribution in [0.3, 0.4) is 0 Å². The molecule has 5 heteroatoms. The van der Waals surface area contributed by atoms with Crippen molar-refractivity contribution in [1.29, 1.82) is 0 Å². The summed E-state index contributed by atoms with van der Waals surface area (Å²) >= 11 is 0. The van der Waals surface area contributed by atoms with Gasteiger partial charge in [-0.3, -0.25) is 14.9 Å². The van der Waals surface area contributed by atoms with E-state index >= 15 is 0 Å². The first-order chi connectivity index (χ1) is 9.98. The van der Waals surface area contributed by atoms with Gasteiger partial charge in [-0.1, -0.05) is 44.4 Å². The van der Waals surface area contributed by atoms with Crippen LogP contribution in [0.5, 0.6) is 0 Å². The van der Waals surface area contributed by atoms with Gasteiger partial charge in [-0.2, -0.15) is 0 Å². The first-order valence-corrected chi connectivity index (χ1v) is 7.44. The lowest BCUT2D eigenvalue weighted by molar-refractivity contribution is -0.385. The highest BCUT2D eigenvalue weighted by atomic mass is 16.6. The van der Waals surface area contributed by atoms with E-state index in [4.69, 9.17) is 0 Å². The molecule has 2 unspecified atom stereocenters. The number of hydrogen-bond donors (Lipinski definition) is 1. The molecule has 1 aliphatic carbocycles. The summed E-state index contributed by atoms with van der Waals surface area (Å²) in [4.78, 5) is 22.5. The predicted octanol–water partition coefficient (Wildman–Crippen LogP) is 3.81. The lowest BCUT2D eigenvalue weighted by Gasteiger charge is -2.37. The molecule has 0 bridgehead atoms. The van der Waals surface area contributed by atoms with Gasteiger partial charge < -0.3 is 5.11 Å². The largest absolute Gasteiger partial charge is 0.481 e. The Morgan fingerprint density at radius 1 is 1.48 bits per heavy atom. The Hall–Kier alpha value is -1.91. The van der Waals surface area contributed by atoms with Gasteiger partial charge in [0.25, 0.3) is 5.69 Å². The third kappa shape index (κ3) is 3.23. The Morgan fingerprint density at radius 3 is 2.81 bits per heavy atom. The van der Waals surface area contributed by atoms with Crippen LogP contribution in [0.4, 0.5) is 5.69 Å². The van der Waals surface area contributed by atoms with E-state index in [0.29, 0.717) is 24.3 Å². The van der Waals surface area contributed by atoms with Crippen LogP contribution in [0, 0.1) is 21.4 Å². The first-order valence-electron chi connectivity index (χ1n) is 7.44. The molecule has 2 rings (SSSR count). The van der Waals surface area contributed by atoms with Crippen molar-refractivity contribution >= 4 is 11.7 Å². The molecule has 1 saturated carbocycles. The van der Waals surface area contributed by atoms with E-state index < -0.39 is 16.3 Å². The molecule has 1 N–H and O–H groups in total. The molecule has 0 spiro atoms. The van der Waals surface area contributed by atoms with Gasteiger partial charge >= 0.3 is 5.97 Å². The molecule has 2 atom stereocenters. The molecule has 1 aromatic rings. The average molecular weight is 291 g/mol. The van der Waals surface area contributed by atoms with Crippen LogP contribution in [0.15, 0.2) is 24.3 Å². The molecule has 114 valence electrons. The number of nitro benzene ring substituents is 1. The van der Waals surface area contributed by atoms with E-state index in [1.165, 1.54) is 6.07 Å². The topological polar surface area (TPSA) is 80.4 Å². The van der Waals surface area contributed by atoms with Crippen molar-refractivity contribution in [2.75, 3.05) is 0 Å². The van der Waals surface area contributed by atoms with Crippen molar-refractivity contribution in [3.8, 4) is 0 Å². The molecular formula is C16H21NO4. The summed E-state index contributed by atoms with van der Waals surface area (Å²) in [6.45, 7) is 2.08. The van der Waals surface area contributed by atoms with Crippen molar-refractivity contribution in [2.45, 2.75) is 45.4 Å². The summed E-state index contributed by atoms with van der Waals surface area (Å²) in [5.74, 6) is -0.420. The van der Waals surface area contributed by atoms with E-state index in [9.17, 15) is 20.0 Å². The van der Waals surface area contributed by atoms with Gasteiger partial charge in [0.15, 0.2) is 0 Å². The van der Waals surface area contributed by atoms with E-state index in [1.54, 1.807) is 18.2 Å². The fourth-order valence-corrected chi connectivity index (χ4v) is 3.47. The van der Waals surface area contributed by atoms with E-state index in [1.807, 2.05) is 0 Å². The summed E-state index contributed by atoms with van der Waals surface area (Å²) in [5, 5.41) is 20.8. The summed E-state index contributed by atoms with van der Waals surface area (Å²) in [7, 11) is 0. The Labute approximate surface area is 124 Å². The molecule has 0 heterocycles. The van der Waals surface area contributed by atoms with Crippen LogP contribution >= 0.6 is 0 Å². The number of benzene rings is 1. The highest BCUT2D eigenvalue weighted by Crippen LogP contribution is 2.44. The quantitative estimate of drug-likeness (QED) is 0.660. The highest BCUT2D eigenvalue weighted by Gasteiger charge is 2.43. The second kappa shape index (κ2) is 6.24. The maximum absolute atomic E-state index is 11.9. The van der Waals surface area contributed by atoms with Gasteiger partial charge in [-0.25, -0.2) is 0 Å². The van der Waals surface area contributed by atoms with Crippen LogP contribution in [0.1, 0.15) is 44.6 Å². The fourth-order valence-electron chi connectivity index (χ4n) is 3.47. The van der Waals surface area contributed by atoms with Crippen LogP contribution in [0.2, 0.25) is 0 Å². The second-order valence-electron chi connectivity index (χ2n) is 6.02. The molecule has 1 fully saturated rings. The van der Waals surface area contributed by atoms with Gasteiger partial charge in [0, 0.05) is 11.6 Å². The fraction of sp³-hybridized carbons (Fsp3) is 0.562. The number of nitro groups is 1. The smallest absolute Gasteiger partial charge is 0.309 e. The molecule has 5 nitrogen and oxygen atoms in total. The summed E-state index contributed by atoms with van der Waals surface area (Å²) in [6.07, 6.45) is 4.37. The molecular weight excluding hydrogens is 270 g/mol. The van der Waals surface area contributed by atoms with Crippen molar-refractivity contribution in [1.82, 2.24) is 0 Å². The highest BCUT2D eigenvalue weighted by molar-refractivity contribution is 5.75. The predicted molar refractivity (Wildman–Crippen MR) is 79.1 cm³/mol. The summed E-state index contributed by atoms with van der Waals surface area (Å²) in [6, 6.07) is 6.48. The third-order valence-electron chi connectivity index (χ3n) is 4.70. The molecule has 0 aromatic heterocycles. The number of carboxylic acids is 1. The Morgan fingerprint density at radius 2 is 2.19 bits per heavy atom. The Bertz CT molecular complexity index is 543. The van der Waals surface area contributed by atoms with Gasteiger partial charge in [0.1, 0.15) is 0 Å². The van der Waals surface area contributed by atoms with Crippen LogP contribution in [-0.4, -0.2) is 16.0 Å². The minimum Gasteiger partial charge on any atom is -0.481 e. The monoisotopic (exact) mass is 291 g/mol. The number of carbonyl (C=O) groups is 1. The summed E-state index contributed by atoms with van der Waals surface area (Å²) < 4.78 is 0. The number of carboxylic acid groups (broad SMARTS) is 1. The maximum Gasteiger partial charge on any atom is 0.309 e. The van der Waals surface area contributed by atoms with Crippen molar-refractivity contribution in [3.63, 3.8) is 0 Å². The van der Waals surface area contributed by atoms with Crippen LogP contribution in [0.25, 0.3) is 0 Å². The zero-order chi connectivity index (χ0) is 15.5. The van der Waals surface area contributed by atoms with Crippen molar-refractivity contribution in [2.24, 2.45) is 11.3 Å². The summed E-state index contributed by atoms with van der Waals surface area (Å²) in [5.41, 5.74) is -0.302. The SMILES string of the molecule is CCC1CCCC(Cc2ccccc2[N+](=O)[O-])(C(=O)O)C1. The van der Waals surface area contributed by atoms with Gasteiger partial charge in [-0.15, -0.1) is 0 Å². The standard InChI is InChI=1S/C16H21NO4/c1-2-12-6-5-9-16(10-12,15(18)19)11-13-7-3-4-8-14(13)17(20)21/h3-4,7-8,12H,2,5-6,9-11H2,1H3,(H,18,19). The normalized spacial score (nSPS) is 25.5. The number of rotatable bonds is 5. The zero-order valence-electron chi connectivity index (χ0n) is 12.2. The molecule has 1 aliphatic rings. The van der Waals surface area contributed by atoms with Crippen molar-refractivity contribution < 1.29 is 14.8 Å². The van der Waals surface area contributed by atoms with E-state index in [-0.39, 0.29) is 12.1 Å². The van der Waals surface area contributed by atoms with Gasteiger partial charge in [0.05, 0.1) is 10.3 Å². The molecule has 21 heavy (non-hydrogen) atoms. The Balaban J connectivity index is 2.33. The number of nitrogens with zero attached hydrogens (tertiary/aromatic N) is 1. The minimum atomic E-state index is -0.856. The molecule has 0 radical (unpaired) electrons. The van der Waals surface area contributed by atoms with Crippen LogP contribution in [-0.2, 0) is 11.2 Å². The average Bonchev–Trinajstić information content (AvgIpc) is 2.47. The van der Waals surface area contributed by atoms with E-state index in [2.05, 4.69) is 6.92 Å². The van der Waals surface area contributed by atoms with Crippen LogP contribution < -0.4 is 0 Å². The van der Waals surface area contributed by atoms with Gasteiger partial charge in [0.2, 0.25) is 0 Å². The number of para-hydroxylation sites is 1. The second-order valence-corrected chi connectivity index (χ2v) is 6.02. The molecule has 0 aliphatic heterocycles. The molecule has 0 saturated heterocycles. The third-order valence-corrected chi connectivity index (χ3v) is 4.70. The Kier molecular flexibility index (Phi) is 4.60. The maximum atomic E-state index is 11.9. The first kappa shape index (κ1) is 15.5. The molecule has 1 aromatic carbocycles. The van der Waals surface area contributed by atoms with Crippen molar-refractivity contribution in [3.05, 3.63) is 39.9 Å². The minimum absolute atomic E-state index is 0.0248. The molecule has 0 amide bonds. The lowest BCUT2D eigenvalue weighted by atomic mass is 9.66. The number of aliphatic carboxylic acids is 1. The lowest BCUT2D eigenvalue weighted by Crippen LogP contribution is -2.38. The zero-order valence-corrected chi connectivity index (χ0v) is 12.2. The van der Waals surface area contributed by atoms with E-state index in [0.717, 1.165) is 19.3 Å². The number of hydrogen-bond acceptors (Lipinski definition) is 3.